The standard InChI is InChI=1S/C14H15NO2S/c15-13(12-7-4-8-18-12)11(14(16)17)9-10-5-2-1-3-6-10/h1-8,11,13H,9,15H2,(H,16,17). The zero-order chi connectivity index (χ0) is 13.0. The van der Waals surface area contributed by atoms with Crippen molar-refractivity contribution in [3.05, 3.63) is 58.3 Å². The molecular formula is C14H15NO2S. The maximum absolute atomic E-state index is 11.4. The Balaban J connectivity index is 2.16. The summed E-state index contributed by atoms with van der Waals surface area (Å²) in [6.07, 6.45) is 0.454. The van der Waals surface area contributed by atoms with E-state index in [0.717, 1.165) is 10.4 Å². The molecule has 0 saturated heterocycles. The quantitative estimate of drug-likeness (QED) is 0.869. The Hall–Kier alpha value is -1.65. The molecule has 2 unspecified atom stereocenters. The maximum Gasteiger partial charge on any atom is 0.308 e. The molecular weight excluding hydrogens is 246 g/mol. The Morgan fingerprint density at radius 1 is 1.22 bits per heavy atom. The van der Waals surface area contributed by atoms with Crippen molar-refractivity contribution in [3.63, 3.8) is 0 Å². The van der Waals surface area contributed by atoms with Crippen LogP contribution in [0.4, 0.5) is 0 Å². The van der Waals surface area contributed by atoms with Crippen LogP contribution in [0, 0.1) is 5.92 Å². The van der Waals surface area contributed by atoms with Crippen LogP contribution in [-0.4, -0.2) is 11.1 Å². The molecule has 0 amide bonds. The van der Waals surface area contributed by atoms with Crippen molar-refractivity contribution in [2.24, 2.45) is 11.7 Å². The maximum atomic E-state index is 11.4. The van der Waals surface area contributed by atoms with Gasteiger partial charge in [0.2, 0.25) is 0 Å². The number of carboxylic acids is 1. The van der Waals surface area contributed by atoms with Crippen LogP contribution in [0.3, 0.4) is 0 Å². The normalized spacial score (nSPS) is 14.1. The number of hydrogen-bond donors (Lipinski definition) is 2. The van der Waals surface area contributed by atoms with E-state index in [4.69, 9.17) is 5.73 Å². The van der Waals surface area contributed by atoms with Crippen molar-refractivity contribution in [2.45, 2.75) is 12.5 Å². The predicted octanol–water partition coefficient (Wildman–Crippen LogP) is 2.69. The number of benzene rings is 1. The van der Waals surface area contributed by atoms with Crippen molar-refractivity contribution in [2.75, 3.05) is 0 Å². The molecule has 0 spiro atoms. The lowest BCUT2D eigenvalue weighted by Gasteiger charge is -2.19. The molecule has 0 aliphatic carbocycles. The molecule has 1 aromatic carbocycles. The minimum Gasteiger partial charge on any atom is -0.481 e. The molecule has 2 rings (SSSR count). The number of aliphatic carboxylic acids is 1. The van der Waals surface area contributed by atoms with Crippen LogP contribution in [0.2, 0.25) is 0 Å². The SMILES string of the molecule is NC(c1cccs1)C(Cc1ccccc1)C(=O)O. The van der Waals surface area contributed by atoms with Crippen LogP contribution in [0.1, 0.15) is 16.5 Å². The Morgan fingerprint density at radius 3 is 2.50 bits per heavy atom. The highest BCUT2D eigenvalue weighted by atomic mass is 32.1. The minimum absolute atomic E-state index is 0.454. The first-order valence-electron chi connectivity index (χ1n) is 5.74. The smallest absolute Gasteiger partial charge is 0.308 e. The van der Waals surface area contributed by atoms with E-state index in [2.05, 4.69) is 0 Å². The summed E-state index contributed by atoms with van der Waals surface area (Å²) in [6.45, 7) is 0. The van der Waals surface area contributed by atoms with Crippen molar-refractivity contribution in [1.29, 1.82) is 0 Å². The van der Waals surface area contributed by atoms with Crippen LogP contribution in [0.25, 0.3) is 0 Å². The van der Waals surface area contributed by atoms with Gasteiger partial charge in [-0.25, -0.2) is 0 Å². The Morgan fingerprint density at radius 2 is 1.94 bits per heavy atom. The first-order chi connectivity index (χ1) is 8.68. The lowest BCUT2D eigenvalue weighted by molar-refractivity contribution is -0.142. The lowest BCUT2D eigenvalue weighted by atomic mass is 9.92. The molecule has 94 valence electrons. The predicted molar refractivity (Wildman–Crippen MR) is 72.5 cm³/mol. The number of nitrogens with two attached hydrogens (primary N) is 1. The van der Waals surface area contributed by atoms with Crippen molar-refractivity contribution >= 4 is 17.3 Å². The molecule has 4 heteroatoms. The minimum atomic E-state index is -0.847. The average molecular weight is 261 g/mol. The fourth-order valence-corrected chi connectivity index (χ4v) is 2.71. The van der Waals surface area contributed by atoms with E-state index < -0.39 is 17.9 Å². The summed E-state index contributed by atoms with van der Waals surface area (Å²) < 4.78 is 0. The number of carbonyl (C=O) groups is 1. The van der Waals surface area contributed by atoms with Crippen LogP contribution >= 0.6 is 11.3 Å². The van der Waals surface area contributed by atoms with Gasteiger partial charge in [-0.1, -0.05) is 36.4 Å². The summed E-state index contributed by atoms with van der Waals surface area (Å²) in [4.78, 5) is 12.3. The first kappa shape index (κ1) is 12.8. The third-order valence-electron chi connectivity index (χ3n) is 2.92. The summed E-state index contributed by atoms with van der Waals surface area (Å²) >= 11 is 1.50. The largest absolute Gasteiger partial charge is 0.481 e. The highest BCUT2D eigenvalue weighted by Gasteiger charge is 2.27. The second-order valence-electron chi connectivity index (χ2n) is 4.18. The average Bonchev–Trinajstić information content (AvgIpc) is 2.90. The molecule has 3 N–H and O–H groups in total. The molecule has 2 aromatic rings. The van der Waals surface area contributed by atoms with Crippen LogP contribution in [0.5, 0.6) is 0 Å². The van der Waals surface area contributed by atoms with E-state index in [0.29, 0.717) is 6.42 Å². The summed E-state index contributed by atoms with van der Waals surface area (Å²) in [5, 5.41) is 11.2. The lowest BCUT2D eigenvalue weighted by Crippen LogP contribution is -2.29. The molecule has 3 nitrogen and oxygen atoms in total. The highest BCUT2D eigenvalue weighted by Crippen LogP contribution is 2.26. The van der Waals surface area contributed by atoms with Crippen molar-refractivity contribution < 1.29 is 9.90 Å². The van der Waals surface area contributed by atoms with E-state index in [1.165, 1.54) is 11.3 Å². The molecule has 0 radical (unpaired) electrons. The highest BCUT2D eigenvalue weighted by molar-refractivity contribution is 7.10. The van der Waals surface area contributed by atoms with E-state index in [9.17, 15) is 9.90 Å². The molecule has 0 aliphatic rings. The second-order valence-corrected chi connectivity index (χ2v) is 5.15. The Bertz CT molecular complexity index is 496. The topological polar surface area (TPSA) is 63.3 Å². The van der Waals surface area contributed by atoms with Gasteiger partial charge >= 0.3 is 5.97 Å². The zero-order valence-electron chi connectivity index (χ0n) is 9.82. The van der Waals surface area contributed by atoms with Crippen LogP contribution < -0.4 is 5.73 Å². The van der Waals surface area contributed by atoms with Crippen molar-refractivity contribution in [1.82, 2.24) is 0 Å². The number of thiophene rings is 1. The van der Waals surface area contributed by atoms with Gasteiger partial charge in [0.05, 0.1) is 12.0 Å². The van der Waals surface area contributed by atoms with Crippen molar-refractivity contribution in [3.8, 4) is 0 Å². The van der Waals surface area contributed by atoms with E-state index in [1.807, 2.05) is 47.8 Å². The molecule has 0 fully saturated rings. The monoisotopic (exact) mass is 261 g/mol. The first-order valence-corrected chi connectivity index (χ1v) is 6.62. The fourth-order valence-electron chi connectivity index (χ4n) is 1.92. The van der Waals surface area contributed by atoms with E-state index in [1.54, 1.807) is 0 Å². The van der Waals surface area contributed by atoms with Gasteiger partial charge in [0.25, 0.3) is 0 Å². The molecule has 0 bridgehead atoms. The van der Waals surface area contributed by atoms with E-state index >= 15 is 0 Å². The van der Waals surface area contributed by atoms with Gasteiger partial charge < -0.3 is 10.8 Å². The second kappa shape index (κ2) is 5.80. The summed E-state index contributed by atoms with van der Waals surface area (Å²) in [7, 11) is 0. The Kier molecular flexibility index (Phi) is 4.12. The number of carboxylic acid groups (broad SMARTS) is 1. The molecule has 1 aromatic heterocycles. The number of rotatable bonds is 5. The zero-order valence-corrected chi connectivity index (χ0v) is 10.6. The molecule has 0 saturated carbocycles. The molecule has 2 atom stereocenters. The van der Waals surface area contributed by atoms with Gasteiger partial charge in [-0.05, 0) is 23.4 Å². The number of hydrogen-bond acceptors (Lipinski definition) is 3. The summed E-state index contributed by atoms with van der Waals surface area (Å²) in [5.41, 5.74) is 7.06. The third-order valence-corrected chi connectivity index (χ3v) is 3.89. The van der Waals surface area contributed by atoms with Gasteiger partial charge in [0, 0.05) is 4.88 Å². The van der Waals surface area contributed by atoms with E-state index in [-0.39, 0.29) is 0 Å². The van der Waals surface area contributed by atoms with Gasteiger partial charge in [0.15, 0.2) is 0 Å². The molecule has 0 aliphatic heterocycles. The van der Waals surface area contributed by atoms with Crippen LogP contribution in [0.15, 0.2) is 47.8 Å². The molecule has 1 heterocycles. The summed E-state index contributed by atoms with van der Waals surface area (Å²) in [6, 6.07) is 12.9. The van der Waals surface area contributed by atoms with Gasteiger partial charge in [-0.3, -0.25) is 4.79 Å². The van der Waals surface area contributed by atoms with Gasteiger partial charge in [-0.15, -0.1) is 11.3 Å². The third kappa shape index (κ3) is 2.97. The fraction of sp³-hybridized carbons (Fsp3) is 0.214. The molecule has 18 heavy (non-hydrogen) atoms. The van der Waals surface area contributed by atoms with Gasteiger partial charge in [-0.2, -0.15) is 0 Å². The Labute approximate surface area is 110 Å². The van der Waals surface area contributed by atoms with Crippen LogP contribution in [-0.2, 0) is 11.2 Å². The summed E-state index contributed by atoms with van der Waals surface area (Å²) in [5.74, 6) is -1.44. The van der Waals surface area contributed by atoms with Gasteiger partial charge in [0.1, 0.15) is 0 Å².